The highest BCUT2D eigenvalue weighted by Crippen LogP contribution is 2.30. The fourth-order valence-electron chi connectivity index (χ4n) is 2.56. The Balaban J connectivity index is 1.56. The Bertz CT molecular complexity index is 798. The summed E-state index contributed by atoms with van der Waals surface area (Å²) in [7, 11) is 3.08. The maximum Gasteiger partial charge on any atom is 0.251 e. The second-order valence-electron chi connectivity index (χ2n) is 6.21. The second kappa shape index (κ2) is 7.91. The highest BCUT2D eigenvalue weighted by molar-refractivity contribution is 5.95. The molecule has 3 rings (SSSR count). The Hall–Kier alpha value is -3.02. The van der Waals surface area contributed by atoms with Gasteiger partial charge < -0.3 is 20.1 Å². The van der Waals surface area contributed by atoms with Gasteiger partial charge in [-0.2, -0.15) is 0 Å². The third-order valence-electron chi connectivity index (χ3n) is 4.27. The molecule has 6 nitrogen and oxygen atoms in total. The van der Waals surface area contributed by atoms with Crippen molar-refractivity contribution in [2.24, 2.45) is 5.92 Å². The number of carbonyl (C=O) groups excluding carboxylic acids is 2. The van der Waals surface area contributed by atoms with Crippen molar-refractivity contribution in [2.45, 2.75) is 19.4 Å². The van der Waals surface area contributed by atoms with Gasteiger partial charge in [-0.25, -0.2) is 0 Å². The molecule has 1 aliphatic rings. The van der Waals surface area contributed by atoms with Crippen molar-refractivity contribution in [1.82, 2.24) is 5.32 Å². The monoisotopic (exact) mass is 354 g/mol. The molecule has 1 fully saturated rings. The van der Waals surface area contributed by atoms with Crippen molar-refractivity contribution in [1.29, 1.82) is 0 Å². The van der Waals surface area contributed by atoms with Gasteiger partial charge in [0, 0.05) is 23.7 Å². The number of ether oxygens (including phenoxy) is 2. The molecular weight excluding hydrogens is 332 g/mol. The van der Waals surface area contributed by atoms with Crippen LogP contribution in [-0.4, -0.2) is 26.0 Å². The summed E-state index contributed by atoms with van der Waals surface area (Å²) < 4.78 is 10.4. The lowest BCUT2D eigenvalue weighted by molar-refractivity contribution is -0.117. The Labute approximate surface area is 152 Å². The van der Waals surface area contributed by atoms with Gasteiger partial charge >= 0.3 is 0 Å². The largest absolute Gasteiger partial charge is 0.493 e. The molecule has 1 aliphatic carbocycles. The summed E-state index contributed by atoms with van der Waals surface area (Å²) in [6.07, 6.45) is 1.96. The summed E-state index contributed by atoms with van der Waals surface area (Å²) in [6, 6.07) is 12.5. The summed E-state index contributed by atoms with van der Waals surface area (Å²) >= 11 is 0. The smallest absolute Gasteiger partial charge is 0.251 e. The summed E-state index contributed by atoms with van der Waals surface area (Å²) in [4.78, 5) is 24.1. The molecular formula is C20H22N2O4. The number of benzene rings is 2. The predicted molar refractivity (Wildman–Crippen MR) is 98.5 cm³/mol. The predicted octanol–water partition coefficient (Wildman–Crippen LogP) is 2.98. The van der Waals surface area contributed by atoms with Crippen LogP contribution in [0.15, 0.2) is 42.5 Å². The third kappa shape index (κ3) is 4.33. The van der Waals surface area contributed by atoms with Gasteiger partial charge in [-0.1, -0.05) is 12.1 Å². The molecule has 1 saturated carbocycles. The number of carbonyl (C=O) groups is 2. The first-order valence-electron chi connectivity index (χ1n) is 8.50. The number of methoxy groups -OCH3 is 2. The number of hydrogen-bond donors (Lipinski definition) is 2. The van der Waals surface area contributed by atoms with E-state index in [2.05, 4.69) is 10.6 Å². The van der Waals surface area contributed by atoms with Gasteiger partial charge in [0.2, 0.25) is 5.91 Å². The Morgan fingerprint density at radius 2 is 1.69 bits per heavy atom. The van der Waals surface area contributed by atoms with Gasteiger partial charge in [0.05, 0.1) is 14.2 Å². The SMILES string of the molecule is COc1ccc(C(=O)NCc2ccc(NC(=O)C3CC3)cc2)cc1OC. The quantitative estimate of drug-likeness (QED) is 0.801. The lowest BCUT2D eigenvalue weighted by Gasteiger charge is -2.10. The number of amides is 2. The molecule has 0 heterocycles. The van der Waals surface area contributed by atoms with E-state index in [1.165, 1.54) is 7.11 Å². The van der Waals surface area contributed by atoms with E-state index in [1.807, 2.05) is 24.3 Å². The zero-order valence-corrected chi connectivity index (χ0v) is 14.9. The first-order valence-corrected chi connectivity index (χ1v) is 8.50. The van der Waals surface area contributed by atoms with Crippen LogP contribution in [0.3, 0.4) is 0 Å². The molecule has 2 aromatic carbocycles. The van der Waals surface area contributed by atoms with E-state index in [9.17, 15) is 9.59 Å². The van der Waals surface area contributed by atoms with Crippen LogP contribution in [0.2, 0.25) is 0 Å². The Kier molecular flexibility index (Phi) is 5.41. The summed E-state index contributed by atoms with van der Waals surface area (Å²) in [5.41, 5.74) is 2.22. The van der Waals surface area contributed by atoms with E-state index in [0.717, 1.165) is 24.1 Å². The maximum absolute atomic E-state index is 12.3. The molecule has 0 spiro atoms. The summed E-state index contributed by atoms with van der Waals surface area (Å²) in [5, 5.41) is 5.76. The van der Waals surface area contributed by atoms with E-state index >= 15 is 0 Å². The number of nitrogens with one attached hydrogen (secondary N) is 2. The van der Waals surface area contributed by atoms with Crippen molar-refractivity contribution in [3.05, 3.63) is 53.6 Å². The van der Waals surface area contributed by atoms with Crippen molar-refractivity contribution in [2.75, 3.05) is 19.5 Å². The topological polar surface area (TPSA) is 76.7 Å². The van der Waals surface area contributed by atoms with E-state index in [1.54, 1.807) is 25.3 Å². The zero-order valence-electron chi connectivity index (χ0n) is 14.9. The molecule has 2 amide bonds. The van der Waals surface area contributed by atoms with E-state index < -0.39 is 0 Å². The minimum absolute atomic E-state index is 0.0829. The van der Waals surface area contributed by atoms with Gasteiger partial charge in [-0.3, -0.25) is 9.59 Å². The molecule has 0 unspecified atom stereocenters. The Morgan fingerprint density at radius 3 is 2.31 bits per heavy atom. The molecule has 2 aromatic rings. The van der Waals surface area contributed by atoms with Crippen LogP contribution in [0.5, 0.6) is 11.5 Å². The van der Waals surface area contributed by atoms with Crippen LogP contribution in [0, 0.1) is 5.92 Å². The van der Waals surface area contributed by atoms with Gasteiger partial charge in [-0.05, 0) is 48.7 Å². The highest BCUT2D eigenvalue weighted by atomic mass is 16.5. The van der Waals surface area contributed by atoms with Crippen molar-refractivity contribution >= 4 is 17.5 Å². The summed E-state index contributed by atoms with van der Waals surface area (Å²) in [6.45, 7) is 0.393. The first kappa shape index (κ1) is 17.8. The second-order valence-corrected chi connectivity index (χ2v) is 6.21. The van der Waals surface area contributed by atoms with Gasteiger partial charge in [0.1, 0.15) is 0 Å². The molecule has 0 saturated heterocycles. The van der Waals surface area contributed by atoms with Gasteiger partial charge in [0.15, 0.2) is 11.5 Å². The molecule has 0 aliphatic heterocycles. The van der Waals surface area contributed by atoms with E-state index in [0.29, 0.717) is 23.6 Å². The molecule has 26 heavy (non-hydrogen) atoms. The minimum atomic E-state index is -0.197. The van der Waals surface area contributed by atoms with Crippen LogP contribution in [0.1, 0.15) is 28.8 Å². The minimum Gasteiger partial charge on any atom is -0.493 e. The molecule has 0 aromatic heterocycles. The number of hydrogen-bond acceptors (Lipinski definition) is 4. The Morgan fingerprint density at radius 1 is 1.00 bits per heavy atom. The van der Waals surface area contributed by atoms with Crippen LogP contribution >= 0.6 is 0 Å². The normalized spacial score (nSPS) is 13.0. The van der Waals surface area contributed by atoms with E-state index in [-0.39, 0.29) is 17.7 Å². The van der Waals surface area contributed by atoms with Crippen molar-refractivity contribution in [3.63, 3.8) is 0 Å². The zero-order chi connectivity index (χ0) is 18.5. The molecule has 0 atom stereocenters. The van der Waals surface area contributed by atoms with Crippen LogP contribution in [0.25, 0.3) is 0 Å². The third-order valence-corrected chi connectivity index (χ3v) is 4.27. The maximum atomic E-state index is 12.3. The average Bonchev–Trinajstić information content (AvgIpc) is 3.52. The standard InChI is InChI=1S/C20H22N2O4/c1-25-17-10-7-15(11-18(17)26-2)19(23)21-12-13-3-8-16(9-4-13)22-20(24)14-5-6-14/h3-4,7-11,14H,5-6,12H2,1-2H3,(H,21,23)(H,22,24). The summed E-state index contributed by atoms with van der Waals surface area (Å²) in [5.74, 6) is 1.15. The van der Waals surface area contributed by atoms with Crippen LogP contribution < -0.4 is 20.1 Å². The number of rotatable bonds is 7. The first-order chi connectivity index (χ1) is 12.6. The molecule has 136 valence electrons. The fraction of sp³-hybridized carbons (Fsp3) is 0.300. The van der Waals surface area contributed by atoms with Crippen LogP contribution in [0.4, 0.5) is 5.69 Å². The lowest BCUT2D eigenvalue weighted by atomic mass is 10.1. The van der Waals surface area contributed by atoms with Crippen molar-refractivity contribution in [3.8, 4) is 11.5 Å². The molecule has 2 N–H and O–H groups in total. The molecule has 0 bridgehead atoms. The highest BCUT2D eigenvalue weighted by Gasteiger charge is 2.29. The lowest BCUT2D eigenvalue weighted by Crippen LogP contribution is -2.22. The molecule has 0 radical (unpaired) electrons. The van der Waals surface area contributed by atoms with Crippen LogP contribution in [-0.2, 0) is 11.3 Å². The number of anilines is 1. The van der Waals surface area contributed by atoms with Crippen molar-refractivity contribution < 1.29 is 19.1 Å². The average molecular weight is 354 g/mol. The molecule has 6 heteroatoms. The fourth-order valence-corrected chi connectivity index (χ4v) is 2.56. The van der Waals surface area contributed by atoms with E-state index in [4.69, 9.17) is 9.47 Å². The van der Waals surface area contributed by atoms with Gasteiger partial charge in [0.25, 0.3) is 5.91 Å². The van der Waals surface area contributed by atoms with Gasteiger partial charge in [-0.15, -0.1) is 0 Å².